The number of nitrogens with zero attached hydrogens (tertiary/aromatic N) is 5. The highest BCUT2D eigenvalue weighted by Crippen LogP contribution is 2.13. The van der Waals surface area contributed by atoms with E-state index in [0.29, 0.717) is 13.1 Å². The van der Waals surface area contributed by atoms with Gasteiger partial charge in [-0.2, -0.15) is 5.10 Å². The van der Waals surface area contributed by atoms with Gasteiger partial charge in [0.05, 0.1) is 13.1 Å². The molecule has 0 unspecified atom stereocenters. The van der Waals surface area contributed by atoms with Gasteiger partial charge in [-0.15, -0.1) is 0 Å². The Bertz CT molecular complexity index is 645. The van der Waals surface area contributed by atoms with Gasteiger partial charge >= 0.3 is 0 Å². The van der Waals surface area contributed by atoms with Crippen LogP contribution in [-0.4, -0.2) is 41.4 Å². The van der Waals surface area contributed by atoms with E-state index in [-0.39, 0.29) is 0 Å². The van der Waals surface area contributed by atoms with Crippen molar-refractivity contribution in [2.45, 2.75) is 20.0 Å². The number of benzene rings is 1. The minimum Gasteiger partial charge on any atom is -0.378 e. The second-order valence-corrected chi connectivity index (χ2v) is 5.41. The highest BCUT2D eigenvalue weighted by atomic mass is 15.3. The molecule has 2 rings (SSSR count). The Morgan fingerprint density at radius 3 is 2.78 bits per heavy atom. The molecule has 1 aromatic carbocycles. The predicted octanol–water partition coefficient (Wildman–Crippen LogP) is 1.14. The van der Waals surface area contributed by atoms with Gasteiger partial charge in [0.2, 0.25) is 0 Å². The second kappa shape index (κ2) is 8.17. The van der Waals surface area contributed by atoms with E-state index < -0.39 is 0 Å². The Kier molecular flexibility index (Phi) is 5.96. The normalized spacial score (nSPS) is 11.4. The smallest absolute Gasteiger partial charge is 0.191 e. The molecule has 2 N–H and O–H groups in total. The number of aromatic nitrogens is 3. The fourth-order valence-corrected chi connectivity index (χ4v) is 2.09. The van der Waals surface area contributed by atoms with Gasteiger partial charge in [-0.3, -0.25) is 4.68 Å². The Balaban J connectivity index is 2.00. The third-order valence-corrected chi connectivity index (χ3v) is 3.41. The molecule has 0 spiro atoms. The molecule has 7 nitrogen and oxygen atoms in total. The van der Waals surface area contributed by atoms with Crippen molar-refractivity contribution in [1.82, 2.24) is 25.4 Å². The molecule has 7 heteroatoms. The first-order valence-corrected chi connectivity index (χ1v) is 7.71. The van der Waals surface area contributed by atoms with E-state index in [1.807, 2.05) is 28.1 Å². The minimum atomic E-state index is 0.583. The number of anilines is 1. The van der Waals surface area contributed by atoms with Crippen molar-refractivity contribution in [1.29, 1.82) is 0 Å². The largest absolute Gasteiger partial charge is 0.378 e. The number of hydrogen-bond donors (Lipinski definition) is 2. The highest BCUT2D eigenvalue weighted by molar-refractivity contribution is 5.79. The third-order valence-electron chi connectivity index (χ3n) is 3.41. The van der Waals surface area contributed by atoms with Gasteiger partial charge in [0.15, 0.2) is 5.96 Å². The van der Waals surface area contributed by atoms with E-state index in [1.54, 1.807) is 11.0 Å². The van der Waals surface area contributed by atoms with Crippen molar-refractivity contribution < 1.29 is 0 Å². The molecule has 2 aromatic rings. The Morgan fingerprint density at radius 2 is 2.13 bits per heavy atom. The predicted molar refractivity (Wildman–Crippen MR) is 93.4 cm³/mol. The number of hydrogen-bond acceptors (Lipinski definition) is 4. The maximum atomic E-state index is 4.63. The van der Waals surface area contributed by atoms with E-state index in [1.165, 1.54) is 11.3 Å². The number of nitrogens with one attached hydrogen (secondary N) is 2. The molecule has 0 radical (unpaired) electrons. The summed E-state index contributed by atoms with van der Waals surface area (Å²) in [5.41, 5.74) is 2.35. The van der Waals surface area contributed by atoms with Gasteiger partial charge in [-0.05, 0) is 24.6 Å². The van der Waals surface area contributed by atoms with Crippen molar-refractivity contribution in [3.05, 3.63) is 42.0 Å². The summed E-state index contributed by atoms with van der Waals surface area (Å²) < 4.78 is 1.75. The van der Waals surface area contributed by atoms with Crippen LogP contribution in [0.25, 0.3) is 0 Å². The van der Waals surface area contributed by atoms with Crippen LogP contribution in [0.15, 0.2) is 35.6 Å². The molecule has 0 atom stereocenters. The number of aryl methyl sites for hydroxylation is 1. The van der Waals surface area contributed by atoms with E-state index in [0.717, 1.165) is 18.3 Å². The number of guanidine groups is 1. The summed E-state index contributed by atoms with van der Waals surface area (Å²) in [6, 6.07) is 8.38. The average Bonchev–Trinajstić information content (AvgIpc) is 2.95. The fourth-order valence-electron chi connectivity index (χ4n) is 2.09. The van der Waals surface area contributed by atoms with Crippen LogP contribution in [-0.2, 0) is 20.1 Å². The van der Waals surface area contributed by atoms with Crippen LogP contribution in [0.4, 0.5) is 5.69 Å². The summed E-state index contributed by atoms with van der Waals surface area (Å²) in [6.07, 6.45) is 1.55. The fraction of sp³-hybridized carbons (Fsp3) is 0.438. The Labute approximate surface area is 137 Å². The zero-order valence-corrected chi connectivity index (χ0v) is 14.2. The van der Waals surface area contributed by atoms with Crippen LogP contribution in [0.2, 0.25) is 0 Å². The van der Waals surface area contributed by atoms with E-state index in [9.17, 15) is 0 Å². The highest BCUT2D eigenvalue weighted by Gasteiger charge is 2.03. The summed E-state index contributed by atoms with van der Waals surface area (Å²) in [5, 5.41) is 10.6. The molecule has 124 valence electrons. The third kappa shape index (κ3) is 4.98. The second-order valence-electron chi connectivity index (χ2n) is 5.41. The molecule has 0 aliphatic heterocycles. The lowest BCUT2D eigenvalue weighted by atomic mass is 10.2. The summed E-state index contributed by atoms with van der Waals surface area (Å²) >= 11 is 0. The van der Waals surface area contributed by atoms with Gasteiger partial charge < -0.3 is 15.5 Å². The average molecular weight is 315 g/mol. The molecular formula is C16H25N7. The summed E-state index contributed by atoms with van der Waals surface area (Å²) in [4.78, 5) is 10.9. The van der Waals surface area contributed by atoms with Crippen molar-refractivity contribution in [3.63, 3.8) is 0 Å². The lowest BCUT2D eigenvalue weighted by Crippen LogP contribution is -2.37. The topological polar surface area (TPSA) is 70.4 Å². The molecule has 0 fully saturated rings. The number of rotatable bonds is 6. The van der Waals surface area contributed by atoms with Crippen LogP contribution in [0.3, 0.4) is 0 Å². The van der Waals surface area contributed by atoms with Crippen molar-refractivity contribution in [3.8, 4) is 0 Å². The Hall–Kier alpha value is -2.57. The van der Waals surface area contributed by atoms with E-state index in [4.69, 9.17) is 0 Å². The van der Waals surface area contributed by atoms with Crippen molar-refractivity contribution >= 4 is 11.6 Å². The molecule has 0 bridgehead atoms. The number of aliphatic imine (C=N–C) groups is 1. The van der Waals surface area contributed by atoms with Crippen LogP contribution in [0.5, 0.6) is 0 Å². The van der Waals surface area contributed by atoms with Crippen LogP contribution >= 0.6 is 0 Å². The molecular weight excluding hydrogens is 290 g/mol. The van der Waals surface area contributed by atoms with Gasteiger partial charge in [0.25, 0.3) is 0 Å². The van der Waals surface area contributed by atoms with E-state index in [2.05, 4.69) is 54.9 Å². The molecule has 0 saturated carbocycles. The zero-order chi connectivity index (χ0) is 16.7. The summed E-state index contributed by atoms with van der Waals surface area (Å²) in [5.74, 6) is 1.64. The van der Waals surface area contributed by atoms with Crippen LogP contribution in [0, 0.1) is 0 Å². The van der Waals surface area contributed by atoms with Crippen molar-refractivity contribution in [2.24, 2.45) is 12.0 Å². The molecule has 23 heavy (non-hydrogen) atoms. The lowest BCUT2D eigenvalue weighted by Gasteiger charge is -2.14. The first kappa shape index (κ1) is 16.8. The quantitative estimate of drug-likeness (QED) is 0.618. The summed E-state index contributed by atoms with van der Waals surface area (Å²) in [6.45, 7) is 4.06. The van der Waals surface area contributed by atoms with Crippen LogP contribution < -0.4 is 15.5 Å². The first-order valence-electron chi connectivity index (χ1n) is 7.71. The standard InChI is InChI=1S/C16H25N7/c1-5-17-16(19-11-15-20-12-21-23(15)4)18-10-13-7-6-8-14(9-13)22(2)3/h6-9,12H,5,10-11H2,1-4H3,(H2,17,18,19). The van der Waals surface area contributed by atoms with Gasteiger partial charge in [0.1, 0.15) is 12.2 Å². The maximum absolute atomic E-state index is 4.63. The first-order chi connectivity index (χ1) is 11.1. The van der Waals surface area contributed by atoms with Gasteiger partial charge in [-0.25, -0.2) is 9.98 Å². The molecule has 1 aromatic heterocycles. The zero-order valence-electron chi connectivity index (χ0n) is 14.2. The van der Waals surface area contributed by atoms with Gasteiger partial charge in [0, 0.05) is 33.4 Å². The Morgan fingerprint density at radius 1 is 1.30 bits per heavy atom. The SMILES string of the molecule is CCNC(=NCc1cccc(N(C)C)c1)NCc1ncnn1C. The lowest BCUT2D eigenvalue weighted by molar-refractivity contribution is 0.673. The van der Waals surface area contributed by atoms with Gasteiger partial charge in [-0.1, -0.05) is 12.1 Å². The molecule has 0 aliphatic rings. The molecule has 0 saturated heterocycles. The summed E-state index contributed by atoms with van der Waals surface area (Å²) in [7, 11) is 5.95. The maximum Gasteiger partial charge on any atom is 0.191 e. The van der Waals surface area contributed by atoms with E-state index >= 15 is 0 Å². The minimum absolute atomic E-state index is 0.583. The molecule has 0 aliphatic carbocycles. The van der Waals surface area contributed by atoms with Crippen molar-refractivity contribution in [2.75, 3.05) is 25.5 Å². The monoisotopic (exact) mass is 315 g/mol. The molecule has 1 heterocycles. The molecule has 0 amide bonds. The van der Waals surface area contributed by atoms with Crippen LogP contribution in [0.1, 0.15) is 18.3 Å².